The zero-order chi connectivity index (χ0) is 7.49. The Balaban J connectivity index is 0. The van der Waals surface area contributed by atoms with E-state index in [4.69, 9.17) is 10.8 Å². The SMILES string of the molecule is CC(C)(C)CC(N)CO.Cl. The second-order valence-electron chi connectivity index (χ2n) is 3.71. The van der Waals surface area contributed by atoms with E-state index < -0.39 is 0 Å². The first kappa shape index (κ1) is 12.8. The van der Waals surface area contributed by atoms with E-state index in [-0.39, 0.29) is 30.5 Å². The Morgan fingerprint density at radius 3 is 1.90 bits per heavy atom. The highest BCUT2D eigenvalue weighted by atomic mass is 35.5. The molecule has 0 aliphatic carbocycles. The van der Waals surface area contributed by atoms with Gasteiger partial charge in [-0.2, -0.15) is 0 Å². The van der Waals surface area contributed by atoms with Crippen LogP contribution in [-0.2, 0) is 0 Å². The Labute approximate surface area is 69.2 Å². The largest absolute Gasteiger partial charge is 0.395 e. The van der Waals surface area contributed by atoms with Gasteiger partial charge in [-0.05, 0) is 11.8 Å². The summed E-state index contributed by atoms with van der Waals surface area (Å²) in [5, 5.41) is 8.57. The van der Waals surface area contributed by atoms with E-state index in [1.54, 1.807) is 0 Å². The van der Waals surface area contributed by atoms with Gasteiger partial charge >= 0.3 is 0 Å². The maximum absolute atomic E-state index is 8.57. The fourth-order valence-electron chi connectivity index (χ4n) is 0.851. The van der Waals surface area contributed by atoms with Gasteiger partial charge in [0.1, 0.15) is 0 Å². The molecule has 0 saturated heterocycles. The van der Waals surface area contributed by atoms with Gasteiger partial charge in [-0.15, -0.1) is 12.4 Å². The zero-order valence-electron chi connectivity index (χ0n) is 6.92. The lowest BCUT2D eigenvalue weighted by Crippen LogP contribution is -2.29. The first-order valence-corrected chi connectivity index (χ1v) is 3.32. The molecule has 0 radical (unpaired) electrons. The Morgan fingerprint density at radius 1 is 1.40 bits per heavy atom. The van der Waals surface area contributed by atoms with Crippen molar-refractivity contribution in [2.45, 2.75) is 33.2 Å². The second kappa shape index (κ2) is 4.94. The Hall–Kier alpha value is 0.210. The van der Waals surface area contributed by atoms with Crippen molar-refractivity contribution < 1.29 is 5.11 Å². The van der Waals surface area contributed by atoms with Crippen LogP contribution < -0.4 is 5.73 Å². The second-order valence-corrected chi connectivity index (χ2v) is 3.71. The van der Waals surface area contributed by atoms with Gasteiger partial charge in [0.25, 0.3) is 0 Å². The predicted octanol–water partition coefficient (Wildman–Crippen LogP) is 1.16. The summed E-state index contributed by atoms with van der Waals surface area (Å²) < 4.78 is 0. The van der Waals surface area contributed by atoms with Gasteiger partial charge < -0.3 is 10.8 Å². The molecule has 3 N–H and O–H groups in total. The number of hydrogen-bond donors (Lipinski definition) is 2. The highest BCUT2D eigenvalue weighted by Crippen LogP contribution is 2.19. The predicted molar refractivity (Wildman–Crippen MR) is 46.4 cm³/mol. The molecule has 1 atom stereocenters. The van der Waals surface area contributed by atoms with Crippen LogP contribution in [0.3, 0.4) is 0 Å². The fourth-order valence-corrected chi connectivity index (χ4v) is 0.851. The van der Waals surface area contributed by atoms with Gasteiger partial charge in [0, 0.05) is 6.04 Å². The highest BCUT2D eigenvalue weighted by Gasteiger charge is 2.14. The maximum atomic E-state index is 8.57. The lowest BCUT2D eigenvalue weighted by Gasteiger charge is -2.21. The maximum Gasteiger partial charge on any atom is 0.0582 e. The van der Waals surface area contributed by atoms with E-state index in [0.717, 1.165) is 6.42 Å². The van der Waals surface area contributed by atoms with E-state index in [9.17, 15) is 0 Å². The molecule has 64 valence electrons. The van der Waals surface area contributed by atoms with Crippen LogP contribution >= 0.6 is 12.4 Å². The molecule has 0 fully saturated rings. The van der Waals surface area contributed by atoms with Crippen LogP contribution in [0.25, 0.3) is 0 Å². The Morgan fingerprint density at radius 2 is 1.80 bits per heavy atom. The van der Waals surface area contributed by atoms with Crippen molar-refractivity contribution in [1.82, 2.24) is 0 Å². The molecule has 0 spiro atoms. The normalized spacial score (nSPS) is 14.1. The lowest BCUT2D eigenvalue weighted by atomic mass is 9.89. The third kappa shape index (κ3) is 8.21. The van der Waals surface area contributed by atoms with Crippen molar-refractivity contribution in [2.75, 3.05) is 6.61 Å². The first-order chi connectivity index (χ1) is 3.95. The number of aliphatic hydroxyl groups excluding tert-OH is 1. The number of halogens is 1. The molecule has 3 heteroatoms. The van der Waals surface area contributed by atoms with Crippen molar-refractivity contribution in [2.24, 2.45) is 11.1 Å². The summed E-state index contributed by atoms with van der Waals surface area (Å²) in [6.45, 7) is 6.44. The van der Waals surface area contributed by atoms with Crippen molar-refractivity contribution in [3.8, 4) is 0 Å². The molecular formula is C7H18ClNO. The monoisotopic (exact) mass is 167 g/mol. The molecule has 10 heavy (non-hydrogen) atoms. The van der Waals surface area contributed by atoms with Crippen LogP contribution in [0, 0.1) is 5.41 Å². The minimum atomic E-state index is -0.0509. The molecule has 0 aromatic heterocycles. The van der Waals surface area contributed by atoms with Gasteiger partial charge in [0.15, 0.2) is 0 Å². The third-order valence-corrected chi connectivity index (χ3v) is 1.11. The van der Waals surface area contributed by atoms with Crippen molar-refractivity contribution in [1.29, 1.82) is 0 Å². The standard InChI is InChI=1S/C7H17NO.ClH/c1-7(2,3)4-6(8)5-9;/h6,9H,4-5,8H2,1-3H3;1H. The zero-order valence-corrected chi connectivity index (χ0v) is 7.74. The van der Waals surface area contributed by atoms with Crippen LogP contribution in [0.5, 0.6) is 0 Å². The van der Waals surface area contributed by atoms with Crippen molar-refractivity contribution >= 4 is 12.4 Å². The van der Waals surface area contributed by atoms with Crippen molar-refractivity contribution in [3.63, 3.8) is 0 Å². The number of rotatable bonds is 2. The number of nitrogens with two attached hydrogens (primary N) is 1. The number of hydrogen-bond acceptors (Lipinski definition) is 2. The van der Waals surface area contributed by atoms with Crippen molar-refractivity contribution in [3.05, 3.63) is 0 Å². The molecule has 0 amide bonds. The molecule has 0 heterocycles. The van der Waals surface area contributed by atoms with E-state index >= 15 is 0 Å². The fraction of sp³-hybridized carbons (Fsp3) is 1.00. The van der Waals surface area contributed by atoms with Crippen LogP contribution in [0.15, 0.2) is 0 Å². The van der Waals surface area contributed by atoms with E-state index in [1.165, 1.54) is 0 Å². The molecule has 1 unspecified atom stereocenters. The molecule has 0 aromatic carbocycles. The van der Waals surface area contributed by atoms with Gasteiger partial charge in [-0.25, -0.2) is 0 Å². The third-order valence-electron chi connectivity index (χ3n) is 1.11. The van der Waals surface area contributed by atoms with Crippen LogP contribution in [0.1, 0.15) is 27.2 Å². The van der Waals surface area contributed by atoms with E-state index in [2.05, 4.69) is 20.8 Å². The van der Waals surface area contributed by atoms with Gasteiger partial charge in [-0.3, -0.25) is 0 Å². The Bertz CT molecular complexity index is 80.2. The average molecular weight is 168 g/mol. The summed E-state index contributed by atoms with van der Waals surface area (Å²) in [7, 11) is 0. The summed E-state index contributed by atoms with van der Waals surface area (Å²) in [6, 6.07) is -0.0509. The van der Waals surface area contributed by atoms with Crippen LogP contribution in [0.2, 0.25) is 0 Å². The summed E-state index contributed by atoms with van der Waals surface area (Å²) in [5.74, 6) is 0. The molecule has 0 aliphatic rings. The minimum Gasteiger partial charge on any atom is -0.395 e. The molecular weight excluding hydrogens is 150 g/mol. The topological polar surface area (TPSA) is 46.2 Å². The Kier molecular flexibility index (Phi) is 6.35. The summed E-state index contributed by atoms with van der Waals surface area (Å²) >= 11 is 0. The van der Waals surface area contributed by atoms with Gasteiger partial charge in [-0.1, -0.05) is 20.8 Å². The summed E-state index contributed by atoms with van der Waals surface area (Å²) in [6.07, 6.45) is 0.878. The summed E-state index contributed by atoms with van der Waals surface area (Å²) in [4.78, 5) is 0. The quantitative estimate of drug-likeness (QED) is 0.649. The lowest BCUT2D eigenvalue weighted by molar-refractivity contribution is 0.224. The minimum absolute atomic E-state index is 0. The summed E-state index contributed by atoms with van der Waals surface area (Å²) in [5.41, 5.74) is 5.75. The highest BCUT2D eigenvalue weighted by molar-refractivity contribution is 5.85. The molecule has 0 aromatic rings. The number of aliphatic hydroxyl groups is 1. The molecule has 2 nitrogen and oxygen atoms in total. The first-order valence-electron chi connectivity index (χ1n) is 3.32. The van der Waals surface area contributed by atoms with Gasteiger partial charge in [0.2, 0.25) is 0 Å². The molecule has 0 bridgehead atoms. The smallest absolute Gasteiger partial charge is 0.0582 e. The molecule has 0 rings (SSSR count). The molecule has 0 saturated carbocycles. The van der Waals surface area contributed by atoms with E-state index in [0.29, 0.717) is 0 Å². The molecule has 0 aliphatic heterocycles. The van der Waals surface area contributed by atoms with Crippen LogP contribution in [0.4, 0.5) is 0 Å². The van der Waals surface area contributed by atoms with Crippen LogP contribution in [-0.4, -0.2) is 17.8 Å². The van der Waals surface area contributed by atoms with Gasteiger partial charge in [0.05, 0.1) is 6.61 Å². The van der Waals surface area contributed by atoms with E-state index in [1.807, 2.05) is 0 Å². The average Bonchev–Trinajstić information content (AvgIpc) is 1.62.